The Morgan fingerprint density at radius 2 is 2.16 bits per heavy atom. The first-order valence-electron chi connectivity index (χ1n) is 6.96. The van der Waals surface area contributed by atoms with Gasteiger partial charge >= 0.3 is 0 Å². The van der Waals surface area contributed by atoms with Gasteiger partial charge in [0.05, 0.1) is 0 Å². The van der Waals surface area contributed by atoms with Crippen LogP contribution in [-0.4, -0.2) is 5.78 Å². The molecule has 0 saturated heterocycles. The van der Waals surface area contributed by atoms with Crippen LogP contribution in [0.5, 0.6) is 0 Å². The lowest BCUT2D eigenvalue weighted by Gasteiger charge is -2.24. The molecule has 1 aromatic heterocycles. The fraction of sp³-hybridized carbons (Fsp3) is 0.353. The van der Waals surface area contributed by atoms with Crippen LogP contribution in [0.3, 0.4) is 0 Å². The van der Waals surface area contributed by atoms with E-state index in [1.54, 1.807) is 11.3 Å². The molecule has 0 spiro atoms. The number of carbonyl (C=O) groups excluding carboxylic acids is 1. The molecule has 1 heterocycles. The van der Waals surface area contributed by atoms with Crippen molar-refractivity contribution in [2.45, 2.75) is 38.0 Å². The predicted molar refractivity (Wildman–Crippen MR) is 79.8 cm³/mol. The Hall–Kier alpha value is -1.41. The first-order chi connectivity index (χ1) is 9.34. The van der Waals surface area contributed by atoms with E-state index in [0.717, 1.165) is 25.7 Å². The van der Waals surface area contributed by atoms with Crippen LogP contribution in [0.15, 0.2) is 41.1 Å². The number of carbonyl (C=O) groups is 1. The molecule has 1 aliphatic rings. The molecule has 0 N–H and O–H groups in total. The summed E-state index contributed by atoms with van der Waals surface area (Å²) in [4.78, 5) is 12.5. The molecule has 3 rings (SSSR count). The van der Waals surface area contributed by atoms with E-state index in [1.165, 1.54) is 16.7 Å². The van der Waals surface area contributed by atoms with Gasteiger partial charge in [0.15, 0.2) is 0 Å². The number of aryl methyl sites for hydroxylation is 2. The molecule has 2 aromatic rings. The number of benzene rings is 1. The maximum Gasteiger partial charge on any atom is 0.140 e. The number of hydrogen-bond acceptors (Lipinski definition) is 2. The summed E-state index contributed by atoms with van der Waals surface area (Å²) in [5.74, 6) is 0.557. The Balaban J connectivity index is 1.71. The molecule has 1 aromatic carbocycles. The van der Waals surface area contributed by atoms with Gasteiger partial charge in [-0.15, -0.1) is 0 Å². The summed E-state index contributed by atoms with van der Waals surface area (Å²) in [5, 5.41) is 4.22. The molecular weight excluding hydrogens is 252 g/mol. The second kappa shape index (κ2) is 5.70. The first-order valence-corrected chi connectivity index (χ1v) is 7.90. The molecule has 0 bridgehead atoms. The Bertz CT molecular complexity index is 556. The molecule has 0 amide bonds. The zero-order valence-corrected chi connectivity index (χ0v) is 11.8. The van der Waals surface area contributed by atoms with E-state index in [-0.39, 0.29) is 5.92 Å². The minimum atomic E-state index is 0.142. The molecule has 0 fully saturated rings. The zero-order valence-electron chi connectivity index (χ0n) is 11.0. The number of fused-ring (bicyclic) bond motifs is 1. The summed E-state index contributed by atoms with van der Waals surface area (Å²) in [6, 6.07) is 10.6. The van der Waals surface area contributed by atoms with E-state index in [2.05, 4.69) is 41.1 Å². The normalized spacial score (nSPS) is 18.0. The van der Waals surface area contributed by atoms with Crippen molar-refractivity contribution in [1.29, 1.82) is 0 Å². The van der Waals surface area contributed by atoms with Crippen molar-refractivity contribution in [3.05, 3.63) is 57.8 Å². The zero-order chi connectivity index (χ0) is 13.1. The number of rotatable bonds is 4. The van der Waals surface area contributed by atoms with Gasteiger partial charge in [-0.05, 0) is 59.2 Å². The summed E-state index contributed by atoms with van der Waals surface area (Å²) in [5.41, 5.74) is 3.95. The van der Waals surface area contributed by atoms with Crippen LogP contribution in [0.1, 0.15) is 41.9 Å². The van der Waals surface area contributed by atoms with Gasteiger partial charge < -0.3 is 0 Å². The molecular formula is C17H18OS. The minimum Gasteiger partial charge on any atom is -0.299 e. The number of thiophene rings is 1. The second-order valence-corrected chi connectivity index (χ2v) is 6.02. The van der Waals surface area contributed by atoms with Gasteiger partial charge in [0.2, 0.25) is 0 Å². The molecule has 0 radical (unpaired) electrons. The largest absolute Gasteiger partial charge is 0.299 e. The number of Topliss-reactive ketones (excluding diaryl/α,β-unsaturated/α-hetero) is 1. The molecule has 0 aliphatic heterocycles. The number of ketones is 1. The van der Waals surface area contributed by atoms with Gasteiger partial charge in [0.25, 0.3) is 0 Å². The maximum absolute atomic E-state index is 12.5. The van der Waals surface area contributed by atoms with E-state index in [1.807, 2.05) is 0 Å². The molecule has 2 heteroatoms. The summed E-state index contributed by atoms with van der Waals surface area (Å²) in [7, 11) is 0. The number of hydrogen-bond donors (Lipinski definition) is 0. The average Bonchev–Trinajstić information content (AvgIpc) is 2.97. The smallest absolute Gasteiger partial charge is 0.140 e. The lowest BCUT2D eigenvalue weighted by Crippen LogP contribution is -2.18. The van der Waals surface area contributed by atoms with Crippen LogP contribution in [0.4, 0.5) is 0 Å². The van der Waals surface area contributed by atoms with E-state index < -0.39 is 0 Å². The molecule has 98 valence electrons. The third kappa shape index (κ3) is 2.79. The van der Waals surface area contributed by atoms with Gasteiger partial charge in [-0.25, -0.2) is 0 Å². The lowest BCUT2D eigenvalue weighted by molar-refractivity contribution is -0.120. The Kier molecular flexibility index (Phi) is 3.79. The Morgan fingerprint density at radius 3 is 3.00 bits per heavy atom. The highest BCUT2D eigenvalue weighted by molar-refractivity contribution is 7.07. The van der Waals surface area contributed by atoms with Crippen LogP contribution in [0.25, 0.3) is 0 Å². The SMILES string of the molecule is O=C(CCc1ccsc1)C1CCCc2ccccc21. The minimum absolute atomic E-state index is 0.142. The van der Waals surface area contributed by atoms with Gasteiger partial charge in [0.1, 0.15) is 5.78 Å². The van der Waals surface area contributed by atoms with E-state index in [4.69, 9.17) is 0 Å². The van der Waals surface area contributed by atoms with Crippen molar-refractivity contribution in [2.75, 3.05) is 0 Å². The standard InChI is InChI=1S/C17H18OS/c18-17(9-8-13-10-11-19-12-13)16-7-3-5-14-4-1-2-6-15(14)16/h1-2,4,6,10-12,16H,3,5,7-9H2. The molecule has 1 unspecified atom stereocenters. The van der Waals surface area contributed by atoms with Crippen molar-refractivity contribution < 1.29 is 4.79 Å². The molecule has 0 saturated carbocycles. The maximum atomic E-state index is 12.5. The van der Waals surface area contributed by atoms with Gasteiger partial charge in [-0.1, -0.05) is 24.3 Å². The van der Waals surface area contributed by atoms with Gasteiger partial charge in [-0.3, -0.25) is 4.79 Å². The van der Waals surface area contributed by atoms with Gasteiger partial charge in [-0.2, -0.15) is 11.3 Å². The van der Waals surface area contributed by atoms with Crippen LogP contribution in [-0.2, 0) is 17.6 Å². The van der Waals surface area contributed by atoms with Crippen LogP contribution in [0, 0.1) is 0 Å². The van der Waals surface area contributed by atoms with E-state index in [9.17, 15) is 4.79 Å². The van der Waals surface area contributed by atoms with Crippen LogP contribution >= 0.6 is 11.3 Å². The molecule has 1 atom stereocenters. The third-order valence-electron chi connectivity index (χ3n) is 4.00. The second-order valence-electron chi connectivity index (χ2n) is 5.24. The van der Waals surface area contributed by atoms with Crippen molar-refractivity contribution in [2.24, 2.45) is 0 Å². The predicted octanol–water partition coefficient (Wildman–Crippen LogP) is 4.37. The highest BCUT2D eigenvalue weighted by Gasteiger charge is 2.25. The lowest BCUT2D eigenvalue weighted by atomic mass is 9.79. The van der Waals surface area contributed by atoms with Crippen molar-refractivity contribution >= 4 is 17.1 Å². The Morgan fingerprint density at radius 1 is 1.26 bits per heavy atom. The van der Waals surface area contributed by atoms with Crippen molar-refractivity contribution in [3.63, 3.8) is 0 Å². The monoisotopic (exact) mass is 270 g/mol. The summed E-state index contributed by atoms with van der Waals surface area (Å²) in [6.07, 6.45) is 4.87. The molecule has 1 nitrogen and oxygen atoms in total. The summed E-state index contributed by atoms with van der Waals surface area (Å²) >= 11 is 1.70. The van der Waals surface area contributed by atoms with E-state index >= 15 is 0 Å². The molecule has 1 aliphatic carbocycles. The quantitative estimate of drug-likeness (QED) is 0.806. The highest BCUT2D eigenvalue weighted by atomic mass is 32.1. The highest BCUT2D eigenvalue weighted by Crippen LogP contribution is 2.33. The average molecular weight is 270 g/mol. The summed E-state index contributed by atoms with van der Waals surface area (Å²) < 4.78 is 0. The fourth-order valence-electron chi connectivity index (χ4n) is 2.97. The van der Waals surface area contributed by atoms with Crippen LogP contribution < -0.4 is 0 Å². The Labute approximate surface area is 118 Å². The summed E-state index contributed by atoms with van der Waals surface area (Å²) in [6.45, 7) is 0. The van der Waals surface area contributed by atoms with E-state index in [0.29, 0.717) is 12.2 Å². The topological polar surface area (TPSA) is 17.1 Å². The molecule has 19 heavy (non-hydrogen) atoms. The first kappa shape index (κ1) is 12.6. The third-order valence-corrected chi connectivity index (χ3v) is 4.73. The van der Waals surface area contributed by atoms with Crippen LogP contribution in [0.2, 0.25) is 0 Å². The van der Waals surface area contributed by atoms with Crippen molar-refractivity contribution in [3.8, 4) is 0 Å². The van der Waals surface area contributed by atoms with Gasteiger partial charge in [0, 0.05) is 12.3 Å². The fourth-order valence-corrected chi connectivity index (χ4v) is 3.67. The van der Waals surface area contributed by atoms with Crippen molar-refractivity contribution in [1.82, 2.24) is 0 Å².